The van der Waals surface area contributed by atoms with Crippen molar-refractivity contribution in [3.05, 3.63) is 12.2 Å². The molecule has 32 heavy (non-hydrogen) atoms. The Morgan fingerprint density at radius 3 is 1.56 bits per heavy atom. The maximum atomic E-state index is 11.9. The molecule has 0 N–H and O–H groups in total. The fourth-order valence-corrected chi connectivity index (χ4v) is 4.19. The molecule has 0 aromatic heterocycles. The number of rotatable bonds is 22. The van der Waals surface area contributed by atoms with Gasteiger partial charge in [-0.1, -0.05) is 109 Å². The predicted octanol–water partition coefficient (Wildman–Crippen LogP) is 3.59. The molecule has 0 saturated carbocycles. The number of carbonyl (C=O) groups is 1. The molecule has 0 rings (SSSR count). The van der Waals surface area contributed by atoms with Gasteiger partial charge in [-0.2, -0.15) is 0 Å². The van der Waals surface area contributed by atoms with E-state index in [0.717, 1.165) is 12.8 Å². The molecule has 0 saturated heterocycles. The SMILES string of the molecule is CCCCCCCCCCCCCCCCCC/C=C/C(=O)N(C)CCCS(=O)(=O)[O-].[K+]. The minimum Gasteiger partial charge on any atom is -0.748 e. The molecule has 0 aliphatic carbocycles. The Hall–Kier alpha value is 0.756. The normalized spacial score (nSPS) is 11.6. The van der Waals surface area contributed by atoms with E-state index in [9.17, 15) is 17.8 Å². The Morgan fingerprint density at radius 2 is 1.16 bits per heavy atom. The van der Waals surface area contributed by atoms with Gasteiger partial charge >= 0.3 is 51.4 Å². The van der Waals surface area contributed by atoms with Crippen molar-refractivity contribution in [1.29, 1.82) is 0 Å². The van der Waals surface area contributed by atoms with E-state index in [0.29, 0.717) is 0 Å². The summed E-state index contributed by atoms with van der Waals surface area (Å²) in [6.45, 7) is 2.55. The molecule has 0 spiro atoms. The van der Waals surface area contributed by atoms with Gasteiger partial charge in [-0.25, -0.2) is 8.42 Å². The summed E-state index contributed by atoms with van der Waals surface area (Å²) in [5.74, 6) is -0.562. The smallest absolute Gasteiger partial charge is 0.748 e. The maximum absolute atomic E-state index is 11.9. The van der Waals surface area contributed by atoms with E-state index in [1.807, 2.05) is 6.08 Å². The summed E-state index contributed by atoms with van der Waals surface area (Å²) in [5.41, 5.74) is 0. The van der Waals surface area contributed by atoms with E-state index in [4.69, 9.17) is 0 Å². The average Bonchev–Trinajstić information content (AvgIpc) is 2.71. The van der Waals surface area contributed by atoms with Crippen molar-refractivity contribution in [2.45, 2.75) is 122 Å². The zero-order valence-electron chi connectivity index (χ0n) is 21.3. The fraction of sp³-hybridized carbons (Fsp3) is 0.880. The molecule has 0 atom stereocenters. The van der Waals surface area contributed by atoms with Crippen molar-refractivity contribution < 1.29 is 69.1 Å². The van der Waals surface area contributed by atoms with Gasteiger partial charge in [0.15, 0.2) is 0 Å². The third-order valence-corrected chi connectivity index (χ3v) is 6.54. The number of likely N-dealkylation sites (N-methyl/N-ethyl adjacent to an activating group) is 1. The third kappa shape index (κ3) is 27.0. The van der Waals surface area contributed by atoms with Crippen LogP contribution in [0, 0.1) is 0 Å². The molecule has 7 heteroatoms. The second-order valence-electron chi connectivity index (χ2n) is 8.87. The average molecular weight is 498 g/mol. The summed E-state index contributed by atoms with van der Waals surface area (Å²) >= 11 is 0. The molecule has 0 aromatic carbocycles. The summed E-state index contributed by atoms with van der Waals surface area (Å²) in [6, 6.07) is 0. The van der Waals surface area contributed by atoms with Crippen LogP contribution in [0.15, 0.2) is 12.2 Å². The molecule has 0 radical (unpaired) electrons. The number of unbranched alkanes of at least 4 members (excludes halogenated alkanes) is 16. The zero-order valence-corrected chi connectivity index (χ0v) is 25.2. The van der Waals surface area contributed by atoms with Gasteiger partial charge in [0.25, 0.3) is 0 Å². The van der Waals surface area contributed by atoms with Crippen LogP contribution in [0.5, 0.6) is 0 Å². The molecule has 184 valence electrons. The van der Waals surface area contributed by atoms with E-state index in [-0.39, 0.29) is 70.3 Å². The third-order valence-electron chi connectivity index (χ3n) is 5.75. The molecular formula is C25H48KNO4S. The largest absolute Gasteiger partial charge is 1.00 e. The van der Waals surface area contributed by atoms with E-state index in [1.54, 1.807) is 13.1 Å². The Bertz CT molecular complexity index is 552. The molecule has 1 amide bonds. The molecule has 5 nitrogen and oxygen atoms in total. The Kier molecular flexibility index (Phi) is 27.1. The minimum atomic E-state index is -4.20. The number of hydrogen-bond donors (Lipinski definition) is 0. The number of allylic oxidation sites excluding steroid dienone is 1. The van der Waals surface area contributed by atoms with Gasteiger partial charge in [0.1, 0.15) is 0 Å². The monoisotopic (exact) mass is 497 g/mol. The Labute approximate surface area is 241 Å². The predicted molar refractivity (Wildman–Crippen MR) is 130 cm³/mol. The topological polar surface area (TPSA) is 77.5 Å². The maximum Gasteiger partial charge on any atom is 1.00 e. The van der Waals surface area contributed by atoms with Crippen molar-refractivity contribution in [3.63, 3.8) is 0 Å². The molecule has 0 bridgehead atoms. The van der Waals surface area contributed by atoms with Crippen LogP contribution in [-0.2, 0) is 14.9 Å². The zero-order chi connectivity index (χ0) is 23.2. The van der Waals surface area contributed by atoms with E-state index >= 15 is 0 Å². The first-order chi connectivity index (χ1) is 14.9. The van der Waals surface area contributed by atoms with Gasteiger partial charge in [-0.3, -0.25) is 4.79 Å². The molecular weight excluding hydrogens is 449 g/mol. The van der Waals surface area contributed by atoms with Crippen LogP contribution in [-0.4, -0.2) is 43.1 Å². The van der Waals surface area contributed by atoms with Crippen LogP contribution in [0.4, 0.5) is 0 Å². The molecule has 0 heterocycles. The molecule has 0 aliphatic rings. The van der Waals surface area contributed by atoms with Crippen molar-refractivity contribution in [2.24, 2.45) is 0 Å². The Morgan fingerprint density at radius 1 is 0.750 bits per heavy atom. The van der Waals surface area contributed by atoms with Crippen LogP contribution in [0.25, 0.3) is 0 Å². The van der Waals surface area contributed by atoms with E-state index in [2.05, 4.69) is 6.92 Å². The second kappa shape index (κ2) is 24.9. The van der Waals surface area contributed by atoms with Gasteiger partial charge in [0.2, 0.25) is 5.91 Å². The standard InChI is InChI=1S/C25H49NO4S.K/c1-3-4-5-6-7-8-9-10-11-12-13-14-15-16-17-18-19-20-22-25(27)26(2)23-21-24-31(28,29)30;/h20,22H,3-19,21,23-24H2,1-2H3,(H,28,29,30);/q;+1/p-1/b22-20+;. The summed E-state index contributed by atoms with van der Waals surface area (Å²) in [4.78, 5) is 13.3. The first kappa shape index (κ1) is 34.9. The molecule has 0 unspecified atom stereocenters. The van der Waals surface area contributed by atoms with Crippen molar-refractivity contribution in [2.75, 3.05) is 19.3 Å². The Balaban J connectivity index is 0. The van der Waals surface area contributed by atoms with Crippen LogP contribution in [0.1, 0.15) is 122 Å². The van der Waals surface area contributed by atoms with E-state index in [1.165, 1.54) is 101 Å². The fourth-order valence-electron chi connectivity index (χ4n) is 3.71. The number of nitrogens with zero attached hydrogens (tertiary/aromatic N) is 1. The quantitative estimate of drug-likeness (QED) is 0.0991. The van der Waals surface area contributed by atoms with Crippen molar-refractivity contribution >= 4 is 16.0 Å². The summed E-state index contributed by atoms with van der Waals surface area (Å²) < 4.78 is 31.7. The van der Waals surface area contributed by atoms with Crippen LogP contribution < -0.4 is 51.4 Å². The van der Waals surface area contributed by atoms with Gasteiger partial charge in [-0.05, 0) is 25.3 Å². The first-order valence-electron chi connectivity index (χ1n) is 12.7. The van der Waals surface area contributed by atoms with Crippen molar-refractivity contribution in [1.82, 2.24) is 4.90 Å². The molecule has 0 aliphatic heterocycles. The minimum absolute atomic E-state index is 0. The van der Waals surface area contributed by atoms with Gasteiger partial charge in [-0.15, -0.1) is 0 Å². The van der Waals surface area contributed by atoms with E-state index < -0.39 is 15.9 Å². The van der Waals surface area contributed by atoms with Crippen LogP contribution >= 0.6 is 0 Å². The van der Waals surface area contributed by atoms with Gasteiger partial charge < -0.3 is 9.45 Å². The second-order valence-corrected chi connectivity index (χ2v) is 10.4. The number of hydrogen-bond acceptors (Lipinski definition) is 4. The summed E-state index contributed by atoms with van der Waals surface area (Å²) in [7, 11) is -2.57. The number of amides is 1. The van der Waals surface area contributed by atoms with Gasteiger partial charge in [0, 0.05) is 19.3 Å². The van der Waals surface area contributed by atoms with Crippen LogP contribution in [0.3, 0.4) is 0 Å². The van der Waals surface area contributed by atoms with Crippen LogP contribution in [0.2, 0.25) is 0 Å². The summed E-state index contributed by atoms with van der Waals surface area (Å²) in [6.07, 6.45) is 26.1. The molecule has 0 fully saturated rings. The van der Waals surface area contributed by atoms with Crippen molar-refractivity contribution in [3.8, 4) is 0 Å². The summed E-state index contributed by atoms with van der Waals surface area (Å²) in [5, 5.41) is 0. The molecule has 0 aromatic rings. The first-order valence-corrected chi connectivity index (χ1v) is 14.3. The van der Waals surface area contributed by atoms with Gasteiger partial charge in [0.05, 0.1) is 10.1 Å². The number of carbonyl (C=O) groups excluding carboxylic acids is 1.